The molecule has 0 radical (unpaired) electrons. The quantitative estimate of drug-likeness (QED) is 0.171. The van der Waals surface area contributed by atoms with Crippen LogP contribution in [0, 0.1) is 10.1 Å². The van der Waals surface area contributed by atoms with Gasteiger partial charge in [-0.3, -0.25) is 14.9 Å². The van der Waals surface area contributed by atoms with E-state index in [0.717, 1.165) is 21.0 Å². The first kappa shape index (κ1) is 26.8. The summed E-state index contributed by atoms with van der Waals surface area (Å²) in [4.78, 5) is 29.2. The van der Waals surface area contributed by atoms with Crippen molar-refractivity contribution < 1.29 is 27.6 Å². The Labute approximate surface area is 230 Å². The third kappa shape index (κ3) is 5.67. The lowest BCUT2D eigenvalue weighted by Crippen LogP contribution is -2.40. The molecule has 0 spiro atoms. The van der Waals surface area contributed by atoms with E-state index < -0.39 is 20.9 Å². The monoisotopic (exact) mass is 587 g/mol. The van der Waals surface area contributed by atoms with Gasteiger partial charge in [0.15, 0.2) is 0 Å². The Kier molecular flexibility index (Phi) is 7.67. The van der Waals surface area contributed by atoms with Gasteiger partial charge in [-0.05, 0) is 48.5 Å². The van der Waals surface area contributed by atoms with Gasteiger partial charge in [-0.25, -0.2) is 13.4 Å². The third-order valence-electron chi connectivity index (χ3n) is 5.76. The molecule has 1 aliphatic rings. The Hall–Kier alpha value is -3.76. The Morgan fingerprint density at radius 2 is 1.90 bits per heavy atom. The Bertz CT molecular complexity index is 1660. The van der Waals surface area contributed by atoms with Crippen LogP contribution in [-0.4, -0.2) is 68.2 Å². The van der Waals surface area contributed by atoms with Gasteiger partial charge in [0.1, 0.15) is 5.75 Å². The normalized spacial score (nSPS) is 14.6. The standard InChI is InChI=1S/C24H21N5O7S3/c1-35-17-4-8-20-21(14-17)38-24(26-20)28(25-15-18-5-9-22(37-18)29(31)32)23(30)16-2-6-19(7-3-16)39(33,34)27-10-12-36-13-11-27/h2-9,14-15H,10-13H2,1H3/b25-15+. The van der Waals surface area contributed by atoms with Crippen LogP contribution in [0.4, 0.5) is 10.1 Å². The van der Waals surface area contributed by atoms with Crippen LogP contribution >= 0.6 is 22.7 Å². The van der Waals surface area contributed by atoms with Crippen LogP contribution in [0.5, 0.6) is 5.75 Å². The Balaban J connectivity index is 1.48. The molecule has 12 nitrogen and oxygen atoms in total. The zero-order chi connectivity index (χ0) is 27.6. The van der Waals surface area contributed by atoms with Gasteiger partial charge >= 0.3 is 5.00 Å². The van der Waals surface area contributed by atoms with E-state index >= 15 is 0 Å². The van der Waals surface area contributed by atoms with Crippen molar-refractivity contribution >= 4 is 65.2 Å². The van der Waals surface area contributed by atoms with Crippen molar-refractivity contribution in [1.82, 2.24) is 9.29 Å². The average Bonchev–Trinajstić information content (AvgIpc) is 3.60. The molecule has 39 heavy (non-hydrogen) atoms. The molecule has 1 fully saturated rings. The molecule has 3 heterocycles. The fourth-order valence-corrected chi connectivity index (χ4v) is 6.80. The van der Waals surface area contributed by atoms with Gasteiger partial charge in [0.2, 0.25) is 15.2 Å². The van der Waals surface area contributed by atoms with Gasteiger partial charge in [0.25, 0.3) is 5.91 Å². The molecule has 2 aromatic heterocycles. The number of benzene rings is 2. The number of thiophene rings is 1. The molecular weight excluding hydrogens is 566 g/mol. The van der Waals surface area contributed by atoms with Crippen molar-refractivity contribution in [3.05, 3.63) is 75.2 Å². The highest BCUT2D eigenvalue weighted by atomic mass is 32.2. The minimum Gasteiger partial charge on any atom is -0.497 e. The Morgan fingerprint density at radius 1 is 1.15 bits per heavy atom. The minimum absolute atomic E-state index is 0.0570. The first-order chi connectivity index (χ1) is 18.8. The van der Waals surface area contributed by atoms with Crippen LogP contribution in [0.3, 0.4) is 0 Å². The molecule has 2 aromatic carbocycles. The lowest BCUT2D eigenvalue weighted by molar-refractivity contribution is -0.380. The zero-order valence-electron chi connectivity index (χ0n) is 20.4. The summed E-state index contributed by atoms with van der Waals surface area (Å²) in [5.41, 5.74) is 0.810. The van der Waals surface area contributed by atoms with Gasteiger partial charge in [-0.15, -0.1) is 0 Å². The van der Waals surface area contributed by atoms with E-state index in [1.54, 1.807) is 25.3 Å². The number of thiazole rings is 1. The lowest BCUT2D eigenvalue weighted by Gasteiger charge is -2.26. The number of methoxy groups -OCH3 is 1. The van der Waals surface area contributed by atoms with Crippen molar-refractivity contribution in [2.24, 2.45) is 5.10 Å². The third-order valence-corrected chi connectivity index (χ3v) is 9.64. The van der Waals surface area contributed by atoms with Crippen LogP contribution in [0.2, 0.25) is 0 Å². The minimum atomic E-state index is -3.73. The summed E-state index contributed by atoms with van der Waals surface area (Å²) < 4.78 is 38.6. The number of rotatable bonds is 8. The number of aromatic nitrogens is 1. The molecule has 1 amide bonds. The second-order valence-electron chi connectivity index (χ2n) is 8.17. The highest BCUT2D eigenvalue weighted by Gasteiger charge is 2.27. The van der Waals surface area contributed by atoms with Crippen molar-refractivity contribution in [3.8, 4) is 5.75 Å². The molecular formula is C24H21N5O7S3. The summed E-state index contributed by atoms with van der Waals surface area (Å²) >= 11 is 2.12. The van der Waals surface area contributed by atoms with E-state index in [9.17, 15) is 23.3 Å². The van der Waals surface area contributed by atoms with E-state index in [0.29, 0.717) is 29.4 Å². The second kappa shape index (κ2) is 11.2. The van der Waals surface area contributed by atoms with Crippen LogP contribution in [0.1, 0.15) is 15.2 Å². The number of morpholine rings is 1. The predicted octanol–water partition coefficient (Wildman–Crippen LogP) is 3.98. The number of anilines is 1. The zero-order valence-corrected chi connectivity index (χ0v) is 22.9. The number of hydrogen-bond donors (Lipinski definition) is 0. The maximum Gasteiger partial charge on any atom is 0.324 e. The van der Waals surface area contributed by atoms with Crippen molar-refractivity contribution in [2.75, 3.05) is 38.4 Å². The fourth-order valence-electron chi connectivity index (χ4n) is 3.75. The van der Waals surface area contributed by atoms with Crippen molar-refractivity contribution in [2.45, 2.75) is 4.90 Å². The number of nitro groups is 1. The smallest absolute Gasteiger partial charge is 0.324 e. The van der Waals surface area contributed by atoms with E-state index in [4.69, 9.17) is 9.47 Å². The predicted molar refractivity (Wildman–Crippen MR) is 148 cm³/mol. The molecule has 0 N–H and O–H groups in total. The Morgan fingerprint density at radius 3 is 2.56 bits per heavy atom. The van der Waals surface area contributed by atoms with Crippen LogP contribution in [0.25, 0.3) is 10.2 Å². The number of hydrogen-bond acceptors (Lipinski definition) is 11. The molecule has 0 saturated carbocycles. The number of fused-ring (bicyclic) bond motifs is 1. The maximum absolute atomic E-state index is 13.6. The number of amides is 1. The van der Waals surface area contributed by atoms with E-state index in [1.807, 2.05) is 0 Å². The highest BCUT2D eigenvalue weighted by molar-refractivity contribution is 7.89. The molecule has 4 aromatic rings. The summed E-state index contributed by atoms with van der Waals surface area (Å²) in [6, 6.07) is 13.8. The number of carbonyl (C=O) groups is 1. The summed E-state index contributed by atoms with van der Waals surface area (Å²) in [5, 5.41) is 16.7. The summed E-state index contributed by atoms with van der Waals surface area (Å²) in [7, 11) is -2.18. The van der Waals surface area contributed by atoms with Crippen LogP contribution in [0.15, 0.2) is 64.6 Å². The summed E-state index contributed by atoms with van der Waals surface area (Å²) in [6.45, 7) is 1.16. The first-order valence-corrected chi connectivity index (χ1v) is 14.6. The van der Waals surface area contributed by atoms with Gasteiger partial charge in [-0.2, -0.15) is 14.4 Å². The average molecular weight is 588 g/mol. The van der Waals surface area contributed by atoms with Crippen molar-refractivity contribution in [1.29, 1.82) is 0 Å². The highest BCUT2D eigenvalue weighted by Crippen LogP contribution is 2.33. The van der Waals surface area contributed by atoms with Gasteiger partial charge in [0.05, 0.1) is 51.5 Å². The number of nitrogens with zero attached hydrogens (tertiary/aromatic N) is 5. The fraction of sp³-hybridized carbons (Fsp3) is 0.208. The molecule has 0 unspecified atom stereocenters. The van der Waals surface area contributed by atoms with E-state index in [2.05, 4.69) is 10.1 Å². The first-order valence-electron chi connectivity index (χ1n) is 11.5. The maximum atomic E-state index is 13.6. The van der Waals surface area contributed by atoms with E-state index in [-0.39, 0.29) is 33.7 Å². The molecule has 5 rings (SSSR count). The second-order valence-corrected chi connectivity index (χ2v) is 12.2. The SMILES string of the molecule is COc1ccc2nc(N(/N=C/c3ccc([N+](=O)[O-])s3)C(=O)c3ccc(S(=O)(=O)N4CCOCC4)cc3)sc2c1. The number of ether oxygens (including phenoxy) is 2. The molecule has 0 aliphatic carbocycles. The molecule has 1 saturated heterocycles. The topological polar surface area (TPSA) is 145 Å². The number of hydrazone groups is 1. The molecule has 0 atom stereocenters. The molecule has 202 valence electrons. The largest absolute Gasteiger partial charge is 0.497 e. The van der Waals surface area contributed by atoms with Crippen LogP contribution < -0.4 is 9.75 Å². The molecule has 1 aliphatic heterocycles. The van der Waals surface area contributed by atoms with Crippen molar-refractivity contribution in [3.63, 3.8) is 0 Å². The number of carbonyl (C=O) groups excluding carboxylic acids is 1. The number of sulfonamides is 1. The van der Waals surface area contributed by atoms with Gasteiger partial charge in [0, 0.05) is 24.7 Å². The van der Waals surface area contributed by atoms with E-state index in [1.165, 1.54) is 58.3 Å². The molecule has 15 heteroatoms. The van der Waals surface area contributed by atoms with Gasteiger partial charge < -0.3 is 9.47 Å². The summed E-state index contributed by atoms with van der Waals surface area (Å²) in [5.74, 6) is 0.0701. The lowest BCUT2D eigenvalue weighted by atomic mass is 10.2. The van der Waals surface area contributed by atoms with Gasteiger partial charge in [-0.1, -0.05) is 22.7 Å². The van der Waals surface area contributed by atoms with Crippen LogP contribution in [-0.2, 0) is 14.8 Å². The molecule has 0 bridgehead atoms. The summed E-state index contributed by atoms with van der Waals surface area (Å²) in [6.07, 6.45) is 1.35.